The number of hydrogen-bond donors (Lipinski definition) is 1. The molecule has 2 aromatic carbocycles. The molecule has 0 aliphatic heterocycles. The van der Waals surface area contributed by atoms with Gasteiger partial charge in [-0.25, -0.2) is 4.79 Å². The van der Waals surface area contributed by atoms with E-state index in [4.69, 9.17) is 9.47 Å². The summed E-state index contributed by atoms with van der Waals surface area (Å²) >= 11 is 0. The number of nitrogens with one attached hydrogen (secondary N) is 1. The topological polar surface area (TPSA) is 47.6 Å². The SMILES string of the molecule is CNC(=O)OCc1ccccc1.COCc1ccccc1. The molecule has 1 N–H and O–H groups in total. The molecule has 0 fully saturated rings. The zero-order valence-corrected chi connectivity index (χ0v) is 12.4. The van der Waals surface area contributed by atoms with Crippen molar-refractivity contribution in [2.45, 2.75) is 13.2 Å². The molecule has 0 spiro atoms. The Morgan fingerprint density at radius 1 is 0.905 bits per heavy atom. The van der Waals surface area contributed by atoms with Crippen molar-refractivity contribution in [1.82, 2.24) is 5.32 Å². The number of rotatable bonds is 4. The van der Waals surface area contributed by atoms with Crippen molar-refractivity contribution in [3.05, 3.63) is 71.8 Å². The quantitative estimate of drug-likeness (QED) is 0.937. The molecule has 0 aromatic heterocycles. The fourth-order valence-corrected chi connectivity index (χ4v) is 1.54. The Kier molecular flexibility index (Phi) is 8.33. The summed E-state index contributed by atoms with van der Waals surface area (Å²) in [5, 5.41) is 2.37. The Labute approximate surface area is 125 Å². The van der Waals surface area contributed by atoms with Crippen LogP contribution in [0.15, 0.2) is 60.7 Å². The van der Waals surface area contributed by atoms with E-state index in [1.165, 1.54) is 12.6 Å². The third-order valence-corrected chi connectivity index (χ3v) is 2.57. The van der Waals surface area contributed by atoms with E-state index in [1.807, 2.05) is 60.7 Å². The highest BCUT2D eigenvalue weighted by atomic mass is 16.5. The van der Waals surface area contributed by atoms with Crippen LogP contribution < -0.4 is 5.32 Å². The van der Waals surface area contributed by atoms with Crippen molar-refractivity contribution in [3.8, 4) is 0 Å². The maximum atomic E-state index is 10.7. The van der Waals surface area contributed by atoms with Crippen LogP contribution in [0.2, 0.25) is 0 Å². The Morgan fingerprint density at radius 2 is 1.38 bits per heavy atom. The summed E-state index contributed by atoms with van der Waals surface area (Å²) in [6, 6.07) is 19.6. The predicted molar refractivity (Wildman–Crippen MR) is 82.8 cm³/mol. The first-order valence-corrected chi connectivity index (χ1v) is 6.67. The fraction of sp³-hybridized carbons (Fsp3) is 0.235. The van der Waals surface area contributed by atoms with Crippen molar-refractivity contribution in [2.24, 2.45) is 0 Å². The molecule has 0 bridgehead atoms. The summed E-state index contributed by atoms with van der Waals surface area (Å²) < 4.78 is 9.76. The summed E-state index contributed by atoms with van der Waals surface area (Å²) in [7, 11) is 3.24. The molecule has 4 nitrogen and oxygen atoms in total. The third-order valence-electron chi connectivity index (χ3n) is 2.57. The minimum Gasteiger partial charge on any atom is -0.445 e. The van der Waals surface area contributed by atoms with E-state index in [-0.39, 0.29) is 0 Å². The van der Waals surface area contributed by atoms with E-state index < -0.39 is 6.09 Å². The molecular formula is C17H21NO3. The second-order valence-electron chi connectivity index (χ2n) is 4.23. The lowest BCUT2D eigenvalue weighted by molar-refractivity contribution is 0.142. The lowest BCUT2D eigenvalue weighted by atomic mass is 10.2. The first-order chi connectivity index (χ1) is 10.3. The van der Waals surface area contributed by atoms with Crippen LogP contribution >= 0.6 is 0 Å². The van der Waals surface area contributed by atoms with E-state index in [2.05, 4.69) is 5.32 Å². The largest absolute Gasteiger partial charge is 0.445 e. The molecule has 1 amide bonds. The molecule has 0 saturated carbocycles. The number of carbonyl (C=O) groups is 1. The Hall–Kier alpha value is -2.33. The summed E-state index contributed by atoms with van der Waals surface area (Å²) in [6.07, 6.45) is -0.404. The van der Waals surface area contributed by atoms with Crippen LogP contribution in [-0.4, -0.2) is 20.3 Å². The summed E-state index contributed by atoms with van der Waals surface area (Å²) in [6.45, 7) is 1.03. The van der Waals surface area contributed by atoms with Gasteiger partial charge >= 0.3 is 6.09 Å². The zero-order valence-electron chi connectivity index (χ0n) is 12.4. The molecule has 112 valence electrons. The van der Waals surface area contributed by atoms with Crippen LogP contribution in [0.1, 0.15) is 11.1 Å². The van der Waals surface area contributed by atoms with Gasteiger partial charge in [-0.3, -0.25) is 0 Å². The molecule has 0 radical (unpaired) electrons. The third kappa shape index (κ3) is 7.74. The number of amides is 1. The molecule has 0 atom stereocenters. The van der Waals surface area contributed by atoms with Gasteiger partial charge in [0.25, 0.3) is 0 Å². The molecule has 2 aromatic rings. The number of alkyl carbamates (subject to hydrolysis) is 1. The van der Waals surface area contributed by atoms with Crippen LogP contribution in [0.3, 0.4) is 0 Å². The second-order valence-corrected chi connectivity index (χ2v) is 4.23. The van der Waals surface area contributed by atoms with Crippen molar-refractivity contribution in [3.63, 3.8) is 0 Å². The molecule has 0 aliphatic rings. The van der Waals surface area contributed by atoms with Crippen LogP contribution in [0.4, 0.5) is 4.79 Å². The van der Waals surface area contributed by atoms with Gasteiger partial charge in [0, 0.05) is 14.2 Å². The van der Waals surface area contributed by atoms with E-state index in [0.717, 1.165) is 5.56 Å². The van der Waals surface area contributed by atoms with Crippen molar-refractivity contribution < 1.29 is 14.3 Å². The lowest BCUT2D eigenvalue weighted by Crippen LogP contribution is -2.18. The van der Waals surface area contributed by atoms with E-state index in [0.29, 0.717) is 13.2 Å². The van der Waals surface area contributed by atoms with E-state index in [1.54, 1.807) is 7.11 Å². The Bertz CT molecular complexity index is 500. The van der Waals surface area contributed by atoms with Crippen LogP contribution in [0.25, 0.3) is 0 Å². The Morgan fingerprint density at radius 3 is 1.81 bits per heavy atom. The maximum absolute atomic E-state index is 10.7. The molecule has 2 rings (SSSR count). The van der Waals surface area contributed by atoms with Gasteiger partial charge in [0.1, 0.15) is 6.61 Å². The summed E-state index contributed by atoms with van der Waals surface area (Å²) in [5.74, 6) is 0. The highest BCUT2D eigenvalue weighted by Gasteiger charge is 1.96. The molecule has 21 heavy (non-hydrogen) atoms. The average Bonchev–Trinajstić information content (AvgIpc) is 2.55. The number of carbonyl (C=O) groups excluding carboxylic acids is 1. The molecular weight excluding hydrogens is 266 g/mol. The monoisotopic (exact) mass is 287 g/mol. The van der Waals surface area contributed by atoms with Gasteiger partial charge in [0.15, 0.2) is 0 Å². The van der Waals surface area contributed by atoms with Gasteiger partial charge in [0.05, 0.1) is 6.61 Å². The number of methoxy groups -OCH3 is 1. The lowest BCUT2D eigenvalue weighted by Gasteiger charge is -2.02. The van der Waals surface area contributed by atoms with Crippen LogP contribution in [-0.2, 0) is 22.7 Å². The predicted octanol–water partition coefficient (Wildman–Crippen LogP) is 3.38. The van der Waals surface area contributed by atoms with Crippen molar-refractivity contribution in [2.75, 3.05) is 14.2 Å². The molecule has 0 unspecified atom stereocenters. The minimum absolute atomic E-state index is 0.320. The first-order valence-electron chi connectivity index (χ1n) is 6.67. The van der Waals surface area contributed by atoms with Crippen LogP contribution in [0, 0.1) is 0 Å². The summed E-state index contributed by atoms with van der Waals surface area (Å²) in [4.78, 5) is 10.7. The number of benzene rings is 2. The van der Waals surface area contributed by atoms with Gasteiger partial charge in [-0.15, -0.1) is 0 Å². The molecule has 4 heteroatoms. The van der Waals surface area contributed by atoms with Gasteiger partial charge in [0.2, 0.25) is 0 Å². The van der Waals surface area contributed by atoms with Gasteiger partial charge < -0.3 is 14.8 Å². The summed E-state index contributed by atoms with van der Waals surface area (Å²) in [5.41, 5.74) is 2.21. The molecule has 0 saturated heterocycles. The molecule has 0 heterocycles. The van der Waals surface area contributed by atoms with Gasteiger partial charge in [-0.05, 0) is 11.1 Å². The highest BCUT2D eigenvalue weighted by Crippen LogP contribution is 2.00. The fourth-order valence-electron chi connectivity index (χ4n) is 1.54. The van der Waals surface area contributed by atoms with Gasteiger partial charge in [-0.1, -0.05) is 60.7 Å². The first kappa shape index (κ1) is 16.7. The van der Waals surface area contributed by atoms with Gasteiger partial charge in [-0.2, -0.15) is 0 Å². The maximum Gasteiger partial charge on any atom is 0.407 e. The Balaban J connectivity index is 0.000000219. The number of ether oxygens (including phenoxy) is 2. The number of hydrogen-bond acceptors (Lipinski definition) is 3. The average molecular weight is 287 g/mol. The van der Waals surface area contributed by atoms with E-state index in [9.17, 15) is 4.79 Å². The van der Waals surface area contributed by atoms with Crippen molar-refractivity contribution in [1.29, 1.82) is 0 Å². The second kappa shape index (κ2) is 10.5. The smallest absolute Gasteiger partial charge is 0.407 e. The minimum atomic E-state index is -0.404. The van der Waals surface area contributed by atoms with Crippen LogP contribution in [0.5, 0.6) is 0 Å². The van der Waals surface area contributed by atoms with E-state index >= 15 is 0 Å². The standard InChI is InChI=1S/C9H11NO2.C8H10O/c1-10-9(11)12-7-8-5-3-2-4-6-8;1-9-7-8-5-3-2-4-6-8/h2-6H,7H2,1H3,(H,10,11);2-6H,7H2,1H3. The highest BCUT2D eigenvalue weighted by molar-refractivity contribution is 5.66. The normalized spacial score (nSPS) is 9.24. The zero-order chi connectivity index (χ0) is 15.3. The van der Waals surface area contributed by atoms with Crippen molar-refractivity contribution >= 4 is 6.09 Å². The molecule has 0 aliphatic carbocycles.